The fourth-order valence-corrected chi connectivity index (χ4v) is 1.06. The van der Waals surface area contributed by atoms with E-state index in [1.54, 1.807) is 0 Å². The van der Waals surface area contributed by atoms with Gasteiger partial charge in [0.2, 0.25) is 0 Å². The molecule has 0 heterocycles. The van der Waals surface area contributed by atoms with Crippen molar-refractivity contribution in [3.05, 3.63) is 34.3 Å². The van der Waals surface area contributed by atoms with E-state index in [9.17, 15) is 0 Å². The van der Waals surface area contributed by atoms with Gasteiger partial charge in [0.25, 0.3) is 0 Å². The van der Waals surface area contributed by atoms with Gasteiger partial charge in [-0.05, 0) is 24.6 Å². The number of hydrogen-bond acceptors (Lipinski definition) is 2. The van der Waals surface area contributed by atoms with Crippen LogP contribution in [0.4, 0.5) is 0 Å². The fraction of sp³-hybridized carbons (Fsp3) is 0.300. The van der Waals surface area contributed by atoms with Crippen molar-refractivity contribution in [1.29, 1.82) is 0 Å². The van der Waals surface area contributed by atoms with Gasteiger partial charge in [-0.2, -0.15) is 5.10 Å². The molecular weight excluding hydrogens is 228 g/mol. The van der Waals surface area contributed by atoms with E-state index in [1.165, 1.54) is 0 Å². The number of benzene rings is 1. The van der Waals surface area contributed by atoms with Crippen LogP contribution in [-0.4, -0.2) is 24.8 Å². The van der Waals surface area contributed by atoms with E-state index in [0.29, 0.717) is 0 Å². The first-order valence-electron chi connectivity index (χ1n) is 4.23. The van der Waals surface area contributed by atoms with Crippen LogP contribution in [0.5, 0.6) is 0 Å². The third kappa shape index (κ3) is 3.59. The Morgan fingerprint density at radius 1 is 1.38 bits per heavy atom. The van der Waals surface area contributed by atoms with Crippen LogP contribution in [0.2, 0.25) is 0 Å². The van der Waals surface area contributed by atoms with E-state index in [1.807, 2.05) is 42.5 Å². The second kappa shape index (κ2) is 5.02. The third-order valence-corrected chi connectivity index (χ3v) is 2.26. The molecule has 3 heteroatoms. The summed E-state index contributed by atoms with van der Waals surface area (Å²) >= 11 is 3.38. The number of nitrogens with zero attached hydrogens (tertiary/aromatic N) is 2. The van der Waals surface area contributed by atoms with Crippen LogP contribution >= 0.6 is 15.9 Å². The zero-order valence-electron chi connectivity index (χ0n) is 7.87. The molecule has 2 nitrogen and oxygen atoms in total. The van der Waals surface area contributed by atoms with Crippen molar-refractivity contribution in [1.82, 2.24) is 5.01 Å². The van der Waals surface area contributed by atoms with Crippen LogP contribution in [0.25, 0.3) is 0 Å². The van der Waals surface area contributed by atoms with Gasteiger partial charge in [0, 0.05) is 18.1 Å². The van der Waals surface area contributed by atoms with Crippen molar-refractivity contribution >= 4 is 22.1 Å². The minimum atomic E-state index is 0.924. The minimum Gasteiger partial charge on any atom is -0.300 e. The molecule has 0 saturated heterocycles. The number of rotatable bonds is 3. The van der Waals surface area contributed by atoms with Gasteiger partial charge in [0.15, 0.2) is 0 Å². The predicted octanol–water partition coefficient (Wildman–Crippen LogP) is 2.73. The first kappa shape index (κ1) is 10.3. The lowest BCUT2D eigenvalue weighted by Crippen LogP contribution is -2.09. The molecule has 1 rings (SSSR count). The SMILES string of the molecule is CCN(C)N=Cc1ccc(Br)cc1. The van der Waals surface area contributed by atoms with E-state index in [4.69, 9.17) is 0 Å². The number of hydrazone groups is 1. The minimum absolute atomic E-state index is 0.924. The van der Waals surface area contributed by atoms with Crippen LogP contribution in [0, 0.1) is 0 Å². The summed E-state index contributed by atoms with van der Waals surface area (Å²) in [5, 5.41) is 6.13. The first-order valence-corrected chi connectivity index (χ1v) is 5.02. The number of halogens is 1. The lowest BCUT2D eigenvalue weighted by atomic mass is 10.2. The van der Waals surface area contributed by atoms with Crippen LogP contribution in [0.15, 0.2) is 33.8 Å². The molecule has 0 amide bonds. The van der Waals surface area contributed by atoms with Crippen LogP contribution in [0.1, 0.15) is 12.5 Å². The monoisotopic (exact) mass is 240 g/mol. The lowest BCUT2D eigenvalue weighted by Gasteiger charge is -2.07. The zero-order chi connectivity index (χ0) is 9.68. The molecule has 1 aromatic rings. The van der Waals surface area contributed by atoms with Crippen molar-refractivity contribution < 1.29 is 0 Å². The molecule has 0 bridgehead atoms. The van der Waals surface area contributed by atoms with Crippen LogP contribution < -0.4 is 0 Å². The smallest absolute Gasteiger partial charge is 0.0542 e. The van der Waals surface area contributed by atoms with Gasteiger partial charge < -0.3 is 5.01 Å². The molecule has 0 unspecified atom stereocenters. The summed E-state index contributed by atoms with van der Waals surface area (Å²) in [6, 6.07) is 8.06. The Bertz CT molecular complexity index is 279. The molecule has 1 aromatic carbocycles. The average Bonchev–Trinajstić information content (AvgIpc) is 2.16. The molecule has 0 spiro atoms. The van der Waals surface area contributed by atoms with Gasteiger partial charge in [0.05, 0.1) is 6.21 Å². The quantitative estimate of drug-likeness (QED) is 0.586. The summed E-state index contributed by atoms with van der Waals surface area (Å²) in [4.78, 5) is 0. The Morgan fingerprint density at radius 2 is 2.00 bits per heavy atom. The Balaban J connectivity index is 2.64. The summed E-state index contributed by atoms with van der Waals surface area (Å²) in [6.07, 6.45) is 1.86. The molecule has 13 heavy (non-hydrogen) atoms. The van der Waals surface area contributed by atoms with Crippen LogP contribution in [0.3, 0.4) is 0 Å². The average molecular weight is 241 g/mol. The van der Waals surface area contributed by atoms with Crippen molar-refractivity contribution in [2.45, 2.75) is 6.92 Å². The highest BCUT2D eigenvalue weighted by Crippen LogP contribution is 2.09. The molecule has 0 saturated carbocycles. The topological polar surface area (TPSA) is 15.6 Å². The first-order chi connectivity index (χ1) is 6.22. The summed E-state index contributed by atoms with van der Waals surface area (Å²) in [5.41, 5.74) is 1.11. The molecule has 0 aromatic heterocycles. The van der Waals surface area contributed by atoms with Gasteiger partial charge in [-0.1, -0.05) is 28.1 Å². The molecule has 0 fully saturated rings. The molecule has 0 N–H and O–H groups in total. The Hall–Kier alpha value is -0.830. The fourth-order valence-electron chi connectivity index (χ4n) is 0.796. The third-order valence-electron chi connectivity index (χ3n) is 1.73. The van der Waals surface area contributed by atoms with Gasteiger partial charge >= 0.3 is 0 Å². The standard InChI is InChI=1S/C10H13BrN2/c1-3-13(2)12-8-9-4-6-10(11)7-5-9/h4-8H,3H2,1-2H3. The maximum atomic E-state index is 4.24. The summed E-state index contributed by atoms with van der Waals surface area (Å²) in [6.45, 7) is 2.99. The summed E-state index contributed by atoms with van der Waals surface area (Å²) in [7, 11) is 1.95. The van der Waals surface area contributed by atoms with E-state index in [2.05, 4.69) is 28.0 Å². The van der Waals surface area contributed by atoms with Gasteiger partial charge in [-0.15, -0.1) is 0 Å². The predicted molar refractivity (Wildman–Crippen MR) is 60.0 cm³/mol. The van der Waals surface area contributed by atoms with E-state index in [-0.39, 0.29) is 0 Å². The van der Waals surface area contributed by atoms with E-state index >= 15 is 0 Å². The molecule has 0 aliphatic rings. The molecular formula is C10H13BrN2. The largest absolute Gasteiger partial charge is 0.300 e. The molecule has 0 aliphatic heterocycles. The van der Waals surface area contributed by atoms with Gasteiger partial charge in [0.1, 0.15) is 0 Å². The molecule has 0 aliphatic carbocycles. The van der Waals surface area contributed by atoms with Gasteiger partial charge in [-0.25, -0.2) is 0 Å². The summed E-state index contributed by atoms with van der Waals surface area (Å²) in [5.74, 6) is 0. The van der Waals surface area contributed by atoms with Crippen molar-refractivity contribution in [3.63, 3.8) is 0 Å². The highest BCUT2D eigenvalue weighted by Gasteiger charge is 1.88. The van der Waals surface area contributed by atoms with Crippen LogP contribution in [-0.2, 0) is 0 Å². The van der Waals surface area contributed by atoms with E-state index in [0.717, 1.165) is 16.6 Å². The maximum absolute atomic E-state index is 4.24. The number of hydrogen-bond donors (Lipinski definition) is 0. The highest BCUT2D eigenvalue weighted by molar-refractivity contribution is 9.10. The Labute approximate surface area is 87.4 Å². The maximum Gasteiger partial charge on any atom is 0.0542 e. The van der Waals surface area contributed by atoms with Crippen molar-refractivity contribution in [2.24, 2.45) is 5.10 Å². The zero-order valence-corrected chi connectivity index (χ0v) is 9.45. The molecule has 0 radical (unpaired) electrons. The van der Waals surface area contributed by atoms with Crippen molar-refractivity contribution in [2.75, 3.05) is 13.6 Å². The summed E-state index contributed by atoms with van der Waals surface area (Å²) < 4.78 is 1.09. The highest BCUT2D eigenvalue weighted by atomic mass is 79.9. The normalized spacial score (nSPS) is 10.7. The lowest BCUT2D eigenvalue weighted by molar-refractivity contribution is 0.377. The molecule has 70 valence electrons. The second-order valence-corrected chi connectivity index (χ2v) is 3.69. The van der Waals surface area contributed by atoms with Crippen molar-refractivity contribution in [3.8, 4) is 0 Å². The Morgan fingerprint density at radius 3 is 2.54 bits per heavy atom. The van der Waals surface area contributed by atoms with E-state index < -0.39 is 0 Å². The Kier molecular flexibility index (Phi) is 3.96. The second-order valence-electron chi connectivity index (χ2n) is 2.77. The molecule has 0 atom stereocenters. The van der Waals surface area contributed by atoms with Gasteiger partial charge in [-0.3, -0.25) is 0 Å².